The van der Waals surface area contributed by atoms with Crippen molar-refractivity contribution >= 4 is 5.97 Å². The van der Waals surface area contributed by atoms with Crippen molar-refractivity contribution in [3.05, 3.63) is 64.7 Å². The summed E-state index contributed by atoms with van der Waals surface area (Å²) in [5.41, 5.74) is 3.69. The fourth-order valence-electron chi connectivity index (χ4n) is 2.89. The maximum absolute atomic E-state index is 11.4. The Morgan fingerprint density at radius 3 is 2.35 bits per heavy atom. The van der Waals surface area contributed by atoms with Gasteiger partial charge in [0.15, 0.2) is 0 Å². The molecule has 23 heavy (non-hydrogen) atoms. The predicted molar refractivity (Wildman–Crippen MR) is 92.4 cm³/mol. The second-order valence-corrected chi connectivity index (χ2v) is 5.54. The minimum absolute atomic E-state index is 0.433. The average molecular weight is 312 g/mol. The van der Waals surface area contributed by atoms with Crippen molar-refractivity contribution in [3.8, 4) is 5.75 Å². The fraction of sp³-hybridized carbons (Fsp3) is 0.350. The monoisotopic (exact) mass is 312 g/mol. The highest BCUT2D eigenvalue weighted by atomic mass is 16.5. The van der Waals surface area contributed by atoms with Crippen LogP contribution in [0.5, 0.6) is 5.75 Å². The first-order valence-corrected chi connectivity index (χ1v) is 8.22. The first kappa shape index (κ1) is 17.1. The standard InChI is InChI=1S/C20H24O3/c1-3-8-17-15(10-7-11-18(17)20(21)22)13-14-16-9-5-6-12-19(16)23-4-2/h5-7,9-12H,3-4,8,13-14H2,1-2H3,(H,21,22). The summed E-state index contributed by atoms with van der Waals surface area (Å²) in [5.74, 6) is 0.0754. The smallest absolute Gasteiger partial charge is 0.335 e. The quantitative estimate of drug-likeness (QED) is 0.779. The maximum atomic E-state index is 11.4. The number of aromatic carboxylic acids is 1. The fourth-order valence-corrected chi connectivity index (χ4v) is 2.89. The Hall–Kier alpha value is -2.29. The van der Waals surface area contributed by atoms with E-state index in [9.17, 15) is 9.90 Å². The van der Waals surface area contributed by atoms with E-state index in [0.717, 1.165) is 48.1 Å². The van der Waals surface area contributed by atoms with E-state index in [1.165, 1.54) is 0 Å². The molecule has 0 saturated carbocycles. The van der Waals surface area contributed by atoms with Crippen molar-refractivity contribution in [2.24, 2.45) is 0 Å². The summed E-state index contributed by atoms with van der Waals surface area (Å²) >= 11 is 0. The minimum atomic E-state index is -0.843. The molecule has 0 aliphatic carbocycles. The van der Waals surface area contributed by atoms with Gasteiger partial charge in [-0.3, -0.25) is 0 Å². The van der Waals surface area contributed by atoms with Crippen LogP contribution in [-0.2, 0) is 19.3 Å². The van der Waals surface area contributed by atoms with E-state index in [1.54, 1.807) is 6.07 Å². The number of carboxylic acid groups (broad SMARTS) is 1. The Bertz CT molecular complexity index is 662. The zero-order valence-corrected chi connectivity index (χ0v) is 13.8. The lowest BCUT2D eigenvalue weighted by Crippen LogP contribution is -2.07. The molecule has 0 aliphatic rings. The molecule has 0 unspecified atom stereocenters. The Balaban J connectivity index is 2.24. The van der Waals surface area contributed by atoms with Gasteiger partial charge in [-0.05, 0) is 55.0 Å². The Morgan fingerprint density at radius 2 is 1.65 bits per heavy atom. The van der Waals surface area contributed by atoms with Crippen molar-refractivity contribution in [1.29, 1.82) is 0 Å². The summed E-state index contributed by atoms with van der Waals surface area (Å²) in [6.45, 7) is 4.70. The molecule has 3 nitrogen and oxygen atoms in total. The zero-order chi connectivity index (χ0) is 16.7. The highest BCUT2D eigenvalue weighted by Crippen LogP contribution is 2.23. The molecule has 0 bridgehead atoms. The first-order valence-electron chi connectivity index (χ1n) is 8.22. The van der Waals surface area contributed by atoms with Crippen LogP contribution in [0.2, 0.25) is 0 Å². The van der Waals surface area contributed by atoms with Crippen LogP contribution in [0.25, 0.3) is 0 Å². The minimum Gasteiger partial charge on any atom is -0.494 e. The van der Waals surface area contributed by atoms with Crippen LogP contribution < -0.4 is 4.74 Å². The summed E-state index contributed by atoms with van der Waals surface area (Å²) < 4.78 is 5.67. The number of carbonyl (C=O) groups is 1. The van der Waals surface area contributed by atoms with Gasteiger partial charge in [-0.1, -0.05) is 43.7 Å². The molecule has 1 N–H and O–H groups in total. The number of ether oxygens (including phenoxy) is 1. The van der Waals surface area contributed by atoms with Crippen molar-refractivity contribution in [2.45, 2.75) is 39.5 Å². The third-order valence-corrected chi connectivity index (χ3v) is 3.94. The van der Waals surface area contributed by atoms with Gasteiger partial charge in [0, 0.05) is 0 Å². The van der Waals surface area contributed by atoms with Gasteiger partial charge >= 0.3 is 5.97 Å². The summed E-state index contributed by atoms with van der Waals surface area (Å²) in [6.07, 6.45) is 3.40. The van der Waals surface area contributed by atoms with E-state index >= 15 is 0 Å². The van der Waals surface area contributed by atoms with E-state index in [0.29, 0.717) is 12.2 Å². The molecule has 2 aromatic rings. The molecule has 0 fully saturated rings. The van der Waals surface area contributed by atoms with Crippen LogP contribution in [0.3, 0.4) is 0 Å². The predicted octanol–water partition coefficient (Wildman–Crippen LogP) is 4.52. The highest BCUT2D eigenvalue weighted by molar-refractivity contribution is 5.89. The van der Waals surface area contributed by atoms with Gasteiger partial charge in [0.25, 0.3) is 0 Å². The van der Waals surface area contributed by atoms with Gasteiger partial charge in [0.2, 0.25) is 0 Å². The molecule has 0 atom stereocenters. The van der Waals surface area contributed by atoms with Gasteiger partial charge in [-0.25, -0.2) is 4.79 Å². The van der Waals surface area contributed by atoms with E-state index in [-0.39, 0.29) is 0 Å². The van der Waals surface area contributed by atoms with Gasteiger partial charge in [-0.15, -0.1) is 0 Å². The number of benzene rings is 2. The molecule has 3 heteroatoms. The van der Waals surface area contributed by atoms with Gasteiger partial charge in [-0.2, -0.15) is 0 Å². The van der Waals surface area contributed by atoms with Crippen molar-refractivity contribution < 1.29 is 14.6 Å². The van der Waals surface area contributed by atoms with E-state index < -0.39 is 5.97 Å². The lowest BCUT2D eigenvalue weighted by Gasteiger charge is -2.14. The number of hydrogen-bond acceptors (Lipinski definition) is 2. The average Bonchev–Trinajstić information content (AvgIpc) is 2.55. The second-order valence-electron chi connectivity index (χ2n) is 5.54. The zero-order valence-electron chi connectivity index (χ0n) is 13.8. The largest absolute Gasteiger partial charge is 0.494 e. The molecule has 2 aromatic carbocycles. The molecule has 0 radical (unpaired) electrons. The second kappa shape index (κ2) is 8.37. The topological polar surface area (TPSA) is 46.5 Å². The third kappa shape index (κ3) is 4.35. The molecule has 2 rings (SSSR count). The summed E-state index contributed by atoms with van der Waals surface area (Å²) in [7, 11) is 0. The van der Waals surface area contributed by atoms with Crippen LogP contribution in [0.15, 0.2) is 42.5 Å². The van der Waals surface area contributed by atoms with Gasteiger partial charge < -0.3 is 9.84 Å². The van der Waals surface area contributed by atoms with Crippen LogP contribution >= 0.6 is 0 Å². The molecule has 0 heterocycles. The highest BCUT2D eigenvalue weighted by Gasteiger charge is 2.13. The Labute approximate surface area is 137 Å². The SMILES string of the molecule is CCCc1c(CCc2ccccc2OCC)cccc1C(=O)O. The summed E-state index contributed by atoms with van der Waals surface area (Å²) in [5, 5.41) is 9.40. The van der Waals surface area contributed by atoms with Crippen LogP contribution in [0.1, 0.15) is 47.3 Å². The van der Waals surface area contributed by atoms with Crippen molar-refractivity contribution in [3.63, 3.8) is 0 Å². The molecule has 0 aromatic heterocycles. The molecular formula is C20H24O3. The molecule has 0 spiro atoms. The summed E-state index contributed by atoms with van der Waals surface area (Å²) in [4.78, 5) is 11.4. The number of para-hydroxylation sites is 1. The van der Waals surface area contributed by atoms with E-state index in [4.69, 9.17) is 4.74 Å². The lowest BCUT2D eigenvalue weighted by atomic mass is 9.93. The van der Waals surface area contributed by atoms with Crippen molar-refractivity contribution in [1.82, 2.24) is 0 Å². The Morgan fingerprint density at radius 1 is 0.957 bits per heavy atom. The van der Waals surface area contributed by atoms with Crippen LogP contribution in [0, 0.1) is 0 Å². The van der Waals surface area contributed by atoms with Crippen LogP contribution in [-0.4, -0.2) is 17.7 Å². The first-order chi connectivity index (χ1) is 11.2. The Kier molecular flexibility index (Phi) is 6.21. The number of aryl methyl sites for hydroxylation is 2. The molecule has 0 saturated heterocycles. The maximum Gasteiger partial charge on any atom is 0.335 e. The molecule has 122 valence electrons. The van der Waals surface area contributed by atoms with Crippen molar-refractivity contribution in [2.75, 3.05) is 6.61 Å². The van der Waals surface area contributed by atoms with E-state index in [1.807, 2.05) is 37.3 Å². The molecule has 0 aliphatic heterocycles. The number of hydrogen-bond donors (Lipinski definition) is 1. The van der Waals surface area contributed by atoms with Gasteiger partial charge in [0.05, 0.1) is 12.2 Å². The van der Waals surface area contributed by atoms with Gasteiger partial charge in [0.1, 0.15) is 5.75 Å². The molecular weight excluding hydrogens is 288 g/mol. The molecule has 0 amide bonds. The van der Waals surface area contributed by atoms with E-state index in [2.05, 4.69) is 13.0 Å². The normalized spacial score (nSPS) is 10.5. The lowest BCUT2D eigenvalue weighted by molar-refractivity contribution is 0.0695. The third-order valence-electron chi connectivity index (χ3n) is 3.94. The number of carboxylic acids is 1. The number of rotatable bonds is 8. The van der Waals surface area contributed by atoms with Crippen LogP contribution in [0.4, 0.5) is 0 Å². The summed E-state index contributed by atoms with van der Waals surface area (Å²) in [6, 6.07) is 13.6.